The summed E-state index contributed by atoms with van der Waals surface area (Å²) in [5, 5.41) is 3.91. The Morgan fingerprint density at radius 3 is 2.86 bits per heavy atom. The quantitative estimate of drug-likeness (QED) is 0.686. The van der Waals surface area contributed by atoms with Gasteiger partial charge in [0.25, 0.3) is 5.91 Å². The largest absolute Gasteiger partial charge is 0.361 e. The minimum Gasteiger partial charge on any atom is -0.361 e. The number of piperidine rings is 1. The molecule has 0 N–H and O–H groups in total. The highest BCUT2D eigenvalue weighted by molar-refractivity contribution is 5.92. The summed E-state index contributed by atoms with van der Waals surface area (Å²) in [6, 6.07) is 11.8. The van der Waals surface area contributed by atoms with Gasteiger partial charge in [-0.1, -0.05) is 35.5 Å². The van der Waals surface area contributed by atoms with Gasteiger partial charge in [-0.15, -0.1) is 0 Å². The monoisotopic (exact) mass is 374 g/mol. The van der Waals surface area contributed by atoms with Crippen LogP contribution in [-0.2, 0) is 11.8 Å². The summed E-state index contributed by atoms with van der Waals surface area (Å²) in [5.74, 6) is 1.36. The first-order valence-electron chi connectivity index (χ1n) is 9.79. The molecule has 1 amide bonds. The number of aryl methyl sites for hydroxylation is 2. The Morgan fingerprint density at radius 2 is 2.07 bits per heavy atom. The SMILES string of the molecule is Cc1cc(C(=O)N2CCCC3(CCc4cnc(-c5ccccc5)nc43)C2)no1. The standard InChI is InChI=1S/C22H22N4O2/c1-15-12-18(25-28-15)21(27)26-11-5-9-22(14-26)10-8-17-13-23-20(24-19(17)22)16-6-3-2-4-7-16/h2-4,6-7,12-13H,5,8-11,14H2,1H3. The summed E-state index contributed by atoms with van der Waals surface area (Å²) >= 11 is 0. The predicted octanol–water partition coefficient (Wildman–Crippen LogP) is 3.56. The molecular formula is C22H22N4O2. The Morgan fingerprint density at radius 1 is 1.21 bits per heavy atom. The third-order valence-electron chi connectivity index (χ3n) is 5.98. The third kappa shape index (κ3) is 2.80. The number of hydrogen-bond acceptors (Lipinski definition) is 5. The first kappa shape index (κ1) is 17.1. The van der Waals surface area contributed by atoms with Gasteiger partial charge in [0.15, 0.2) is 11.5 Å². The van der Waals surface area contributed by atoms with Gasteiger partial charge < -0.3 is 9.42 Å². The lowest BCUT2D eigenvalue weighted by Gasteiger charge is -2.40. The molecule has 1 unspecified atom stereocenters. The average Bonchev–Trinajstić information content (AvgIpc) is 3.32. The van der Waals surface area contributed by atoms with Crippen molar-refractivity contribution in [2.24, 2.45) is 0 Å². The molecule has 3 heterocycles. The summed E-state index contributed by atoms with van der Waals surface area (Å²) in [6.45, 7) is 3.23. The van der Waals surface area contributed by atoms with E-state index in [-0.39, 0.29) is 11.3 Å². The predicted molar refractivity (Wildman–Crippen MR) is 104 cm³/mol. The molecule has 1 aliphatic heterocycles. The van der Waals surface area contributed by atoms with Gasteiger partial charge in [0, 0.05) is 36.3 Å². The van der Waals surface area contributed by atoms with E-state index in [2.05, 4.69) is 10.1 Å². The van der Waals surface area contributed by atoms with Crippen LogP contribution in [-0.4, -0.2) is 39.0 Å². The summed E-state index contributed by atoms with van der Waals surface area (Å²) in [5.41, 5.74) is 3.66. The molecule has 6 heteroatoms. The van der Waals surface area contributed by atoms with Crippen molar-refractivity contribution >= 4 is 5.91 Å². The van der Waals surface area contributed by atoms with Crippen molar-refractivity contribution in [1.82, 2.24) is 20.0 Å². The van der Waals surface area contributed by atoms with E-state index in [1.807, 2.05) is 41.4 Å². The first-order valence-corrected chi connectivity index (χ1v) is 9.79. The van der Waals surface area contributed by atoms with Gasteiger partial charge in [0.2, 0.25) is 0 Å². The first-order chi connectivity index (χ1) is 13.6. The Kier molecular flexibility index (Phi) is 4.00. The van der Waals surface area contributed by atoms with Crippen LogP contribution in [0.1, 0.15) is 46.8 Å². The molecule has 2 aliphatic rings. The lowest BCUT2D eigenvalue weighted by molar-refractivity contribution is 0.0623. The molecule has 1 aromatic carbocycles. The fourth-order valence-electron chi connectivity index (χ4n) is 4.60. The van der Waals surface area contributed by atoms with Crippen molar-refractivity contribution in [3.63, 3.8) is 0 Å². The smallest absolute Gasteiger partial charge is 0.276 e. The molecule has 1 spiro atoms. The number of fused-ring (bicyclic) bond motifs is 2. The number of aromatic nitrogens is 3. The van der Waals surface area contributed by atoms with Crippen LogP contribution in [0.25, 0.3) is 11.4 Å². The van der Waals surface area contributed by atoms with Crippen LogP contribution < -0.4 is 0 Å². The second kappa shape index (κ2) is 6.55. The van der Waals surface area contributed by atoms with Crippen molar-refractivity contribution in [3.8, 4) is 11.4 Å². The van der Waals surface area contributed by atoms with Gasteiger partial charge >= 0.3 is 0 Å². The molecule has 142 valence electrons. The third-order valence-corrected chi connectivity index (χ3v) is 5.98. The maximum atomic E-state index is 12.9. The van der Waals surface area contributed by atoms with E-state index in [1.165, 1.54) is 5.56 Å². The lowest BCUT2D eigenvalue weighted by Crippen LogP contribution is -2.48. The number of rotatable bonds is 2. The van der Waals surface area contributed by atoms with Gasteiger partial charge in [-0.25, -0.2) is 9.97 Å². The Bertz CT molecular complexity index is 1030. The molecule has 28 heavy (non-hydrogen) atoms. The van der Waals surface area contributed by atoms with E-state index in [9.17, 15) is 4.79 Å². The number of hydrogen-bond donors (Lipinski definition) is 0. The van der Waals surface area contributed by atoms with E-state index in [0.717, 1.165) is 49.3 Å². The van der Waals surface area contributed by atoms with Crippen molar-refractivity contribution < 1.29 is 9.32 Å². The molecule has 3 aromatic rings. The Balaban J connectivity index is 1.47. The number of carbonyl (C=O) groups excluding carboxylic acids is 1. The van der Waals surface area contributed by atoms with E-state index < -0.39 is 0 Å². The highest BCUT2D eigenvalue weighted by Gasteiger charge is 2.45. The van der Waals surface area contributed by atoms with Gasteiger partial charge in [-0.2, -0.15) is 0 Å². The highest BCUT2D eigenvalue weighted by Crippen LogP contribution is 2.44. The number of likely N-dealkylation sites (tertiary alicyclic amines) is 1. The van der Waals surface area contributed by atoms with E-state index >= 15 is 0 Å². The van der Waals surface area contributed by atoms with Crippen molar-refractivity contribution in [2.75, 3.05) is 13.1 Å². The summed E-state index contributed by atoms with van der Waals surface area (Å²) in [6.07, 6.45) is 5.97. The molecule has 5 rings (SSSR count). The minimum absolute atomic E-state index is 0.0540. The molecular weight excluding hydrogens is 352 g/mol. The van der Waals surface area contributed by atoms with Crippen molar-refractivity contribution in [3.05, 3.63) is 65.3 Å². The van der Waals surface area contributed by atoms with Gasteiger partial charge in [0.05, 0.1) is 5.69 Å². The fraction of sp³-hybridized carbons (Fsp3) is 0.364. The minimum atomic E-state index is -0.0888. The second-order valence-corrected chi connectivity index (χ2v) is 7.87. The molecule has 0 radical (unpaired) electrons. The number of nitrogens with zero attached hydrogens (tertiary/aromatic N) is 4. The average molecular weight is 374 g/mol. The van der Waals surface area contributed by atoms with E-state index in [4.69, 9.17) is 9.51 Å². The van der Waals surface area contributed by atoms with Crippen LogP contribution in [0.4, 0.5) is 0 Å². The molecule has 1 atom stereocenters. The maximum Gasteiger partial charge on any atom is 0.276 e. The van der Waals surface area contributed by atoms with Gasteiger partial charge in [-0.05, 0) is 38.2 Å². The van der Waals surface area contributed by atoms with E-state index in [1.54, 1.807) is 13.0 Å². The van der Waals surface area contributed by atoms with Gasteiger partial charge in [0.1, 0.15) is 5.76 Å². The highest BCUT2D eigenvalue weighted by atomic mass is 16.5. The van der Waals surface area contributed by atoms with Crippen LogP contribution in [0.5, 0.6) is 0 Å². The van der Waals surface area contributed by atoms with E-state index in [0.29, 0.717) is 18.0 Å². The molecule has 1 fully saturated rings. The zero-order valence-electron chi connectivity index (χ0n) is 15.9. The van der Waals surface area contributed by atoms with Crippen LogP contribution in [0, 0.1) is 6.92 Å². The lowest BCUT2D eigenvalue weighted by atomic mass is 9.77. The number of benzene rings is 1. The fourth-order valence-corrected chi connectivity index (χ4v) is 4.60. The molecule has 1 aliphatic carbocycles. The van der Waals surface area contributed by atoms with Crippen molar-refractivity contribution in [2.45, 2.75) is 38.0 Å². The second-order valence-electron chi connectivity index (χ2n) is 7.87. The van der Waals surface area contributed by atoms with Crippen molar-refractivity contribution in [1.29, 1.82) is 0 Å². The van der Waals surface area contributed by atoms with Crippen LogP contribution in [0.3, 0.4) is 0 Å². The van der Waals surface area contributed by atoms with Crippen LogP contribution in [0.2, 0.25) is 0 Å². The molecule has 2 aromatic heterocycles. The van der Waals surface area contributed by atoms with Crippen LogP contribution >= 0.6 is 0 Å². The topological polar surface area (TPSA) is 72.1 Å². The summed E-state index contributed by atoms with van der Waals surface area (Å²) in [4.78, 5) is 24.4. The normalized spacial score (nSPS) is 21.1. The summed E-state index contributed by atoms with van der Waals surface area (Å²) in [7, 11) is 0. The maximum absolute atomic E-state index is 12.9. The zero-order valence-corrected chi connectivity index (χ0v) is 15.9. The summed E-state index contributed by atoms with van der Waals surface area (Å²) < 4.78 is 5.10. The Hall–Kier alpha value is -3.02. The zero-order chi connectivity index (χ0) is 19.1. The molecule has 0 bridgehead atoms. The van der Waals surface area contributed by atoms with Crippen LogP contribution in [0.15, 0.2) is 47.1 Å². The molecule has 0 saturated carbocycles. The number of amides is 1. The number of carbonyl (C=O) groups is 1. The Labute approximate surface area is 163 Å². The molecule has 6 nitrogen and oxygen atoms in total. The molecule has 1 saturated heterocycles. The van der Waals surface area contributed by atoms with Gasteiger partial charge in [-0.3, -0.25) is 4.79 Å².